The van der Waals surface area contributed by atoms with Crippen molar-refractivity contribution in [1.82, 2.24) is 0 Å². The van der Waals surface area contributed by atoms with E-state index >= 15 is 0 Å². The molecule has 0 atom stereocenters. The van der Waals surface area contributed by atoms with Crippen molar-refractivity contribution in [2.24, 2.45) is 12.5 Å². The first-order valence-electron chi connectivity index (χ1n) is 13.4. The van der Waals surface area contributed by atoms with Gasteiger partial charge in [-0.15, -0.1) is 0 Å². The predicted molar refractivity (Wildman–Crippen MR) is 136 cm³/mol. The van der Waals surface area contributed by atoms with E-state index in [2.05, 4.69) is 48.7 Å². The first kappa shape index (κ1) is 16.3. The zero-order valence-electron chi connectivity index (χ0n) is 23.7. The summed E-state index contributed by atoms with van der Waals surface area (Å²) in [6.45, 7) is 7.50. The topological polar surface area (TPSA) is 17.0 Å². The number of aryl methyl sites for hydroxylation is 3. The highest BCUT2D eigenvalue weighted by Gasteiger charge is 2.29. The summed E-state index contributed by atoms with van der Waals surface area (Å²) < 4.78 is 43.9. The molecule has 1 aliphatic carbocycles. The summed E-state index contributed by atoms with van der Waals surface area (Å²) in [6, 6.07) is 20.1. The van der Waals surface area contributed by atoms with Crippen LogP contribution < -0.4 is 4.57 Å². The Hall–Kier alpha value is -3.39. The Morgan fingerprint density at radius 2 is 1.70 bits per heavy atom. The summed E-state index contributed by atoms with van der Waals surface area (Å²) in [4.78, 5) is 0. The Labute approximate surface area is 201 Å². The van der Waals surface area contributed by atoms with Crippen LogP contribution in [0.5, 0.6) is 0 Å². The van der Waals surface area contributed by atoms with Crippen LogP contribution >= 0.6 is 0 Å². The second-order valence-corrected chi connectivity index (χ2v) is 9.76. The van der Waals surface area contributed by atoms with E-state index in [1.807, 2.05) is 37.5 Å². The third kappa shape index (κ3) is 3.20. The minimum absolute atomic E-state index is 0.415. The minimum Gasteiger partial charge on any atom is -0.454 e. The van der Waals surface area contributed by atoms with Gasteiger partial charge in [0.05, 0.1) is 5.56 Å². The normalized spacial score (nSPS) is 19.7. The molecule has 6 rings (SSSR count). The summed E-state index contributed by atoms with van der Waals surface area (Å²) in [5.41, 5.74) is 7.28. The second-order valence-electron chi connectivity index (χ2n) is 9.76. The van der Waals surface area contributed by atoms with E-state index in [4.69, 9.17) is 9.90 Å². The van der Waals surface area contributed by atoms with Crippen molar-refractivity contribution in [3.63, 3.8) is 0 Å². The van der Waals surface area contributed by atoms with E-state index in [1.165, 1.54) is 0 Å². The number of fused-ring (bicyclic) bond motifs is 4. The Morgan fingerprint density at radius 1 is 0.879 bits per heavy atom. The summed E-state index contributed by atoms with van der Waals surface area (Å²) in [6.07, 6.45) is -1.56. The van der Waals surface area contributed by atoms with Gasteiger partial charge in [-0.3, -0.25) is 0 Å². The highest BCUT2D eigenvalue weighted by Crippen LogP contribution is 2.43. The number of rotatable bonds is 2. The van der Waals surface area contributed by atoms with Gasteiger partial charge in [-0.25, -0.2) is 4.57 Å². The van der Waals surface area contributed by atoms with Crippen LogP contribution in [0.15, 0.2) is 71.3 Å². The molecule has 0 N–H and O–H groups in total. The molecule has 0 unspecified atom stereocenters. The molecule has 5 aromatic rings. The van der Waals surface area contributed by atoms with Crippen LogP contribution in [0.4, 0.5) is 0 Å². The quantitative estimate of drug-likeness (QED) is 0.262. The largest absolute Gasteiger partial charge is 0.454 e. The number of pyridine rings is 1. The van der Waals surface area contributed by atoms with E-state index in [-0.39, 0.29) is 0 Å². The van der Waals surface area contributed by atoms with Crippen molar-refractivity contribution in [2.45, 2.75) is 40.4 Å². The molecule has 0 fully saturated rings. The molecular weight excluding hydrogens is 402 g/mol. The molecule has 0 bridgehead atoms. The fraction of sp³-hybridized carbons (Fsp3) is 0.258. The summed E-state index contributed by atoms with van der Waals surface area (Å²) in [5, 5.41) is 2.06. The maximum Gasteiger partial charge on any atom is 0.216 e. The average Bonchev–Trinajstić information content (AvgIpc) is 3.25. The molecule has 2 heterocycles. The van der Waals surface area contributed by atoms with Crippen LogP contribution in [0.3, 0.4) is 0 Å². The molecule has 3 aromatic carbocycles. The number of furan rings is 1. The fourth-order valence-electron chi connectivity index (χ4n) is 5.13. The van der Waals surface area contributed by atoms with Gasteiger partial charge in [-0.1, -0.05) is 44.2 Å². The van der Waals surface area contributed by atoms with Gasteiger partial charge < -0.3 is 4.42 Å². The summed E-state index contributed by atoms with van der Waals surface area (Å²) in [5.74, 6) is 0. The van der Waals surface area contributed by atoms with Gasteiger partial charge >= 0.3 is 0 Å². The van der Waals surface area contributed by atoms with Crippen LogP contribution in [0.1, 0.15) is 41.6 Å². The Balaban J connectivity index is 1.65. The Kier molecular flexibility index (Phi) is 3.47. The highest BCUT2D eigenvalue weighted by atomic mass is 16.3. The molecule has 0 amide bonds. The fourth-order valence-corrected chi connectivity index (χ4v) is 5.13. The number of hydrogen-bond acceptors (Lipinski definition) is 1. The first-order valence-corrected chi connectivity index (χ1v) is 11.4. The molecule has 164 valence electrons. The molecular formula is C31H30NO+. The lowest BCUT2D eigenvalue weighted by Crippen LogP contribution is -2.30. The zero-order valence-corrected chi connectivity index (χ0v) is 19.7. The van der Waals surface area contributed by atoms with Crippen LogP contribution in [-0.4, -0.2) is 0 Å². The van der Waals surface area contributed by atoms with E-state index in [0.29, 0.717) is 11.1 Å². The maximum atomic E-state index is 8.85. The lowest BCUT2D eigenvalue weighted by atomic mass is 9.90. The standard InChI is InChI=1S/C31H30NO/c1-19-14-25(21-10-11-22-17-31(3,4)18-23(22)16-21)29-26(15-19)24-12-9-20(2)28(30(24)33-29)27-8-6-7-13-32(27)5/h6-16H,17-18H2,1-5H3/q+1/i17D2,18D2. The number of aromatic nitrogens is 1. The van der Waals surface area contributed by atoms with Crippen molar-refractivity contribution < 1.29 is 14.5 Å². The lowest BCUT2D eigenvalue weighted by Gasteiger charge is -2.14. The van der Waals surface area contributed by atoms with Crippen molar-refractivity contribution in [3.8, 4) is 22.4 Å². The maximum absolute atomic E-state index is 8.85. The van der Waals surface area contributed by atoms with E-state index in [1.54, 1.807) is 19.9 Å². The summed E-state index contributed by atoms with van der Waals surface area (Å²) >= 11 is 0. The van der Waals surface area contributed by atoms with Gasteiger partial charge in [0.2, 0.25) is 5.69 Å². The van der Waals surface area contributed by atoms with Gasteiger partial charge in [0.25, 0.3) is 0 Å². The van der Waals surface area contributed by atoms with E-state index in [0.717, 1.165) is 55.4 Å². The molecule has 0 spiro atoms. The molecule has 0 aliphatic heterocycles. The predicted octanol–water partition coefficient (Wildman–Crippen LogP) is 7.49. The van der Waals surface area contributed by atoms with Gasteiger partial charge in [-0.05, 0) is 78.0 Å². The lowest BCUT2D eigenvalue weighted by molar-refractivity contribution is -0.660. The summed E-state index contributed by atoms with van der Waals surface area (Å²) in [7, 11) is 2.03. The molecule has 0 radical (unpaired) electrons. The second kappa shape index (κ2) is 7.05. The Bertz CT molecular complexity index is 1750. The molecule has 33 heavy (non-hydrogen) atoms. The molecule has 2 heteroatoms. The molecule has 1 aliphatic rings. The number of benzene rings is 3. The smallest absolute Gasteiger partial charge is 0.216 e. The van der Waals surface area contributed by atoms with Crippen molar-refractivity contribution in [3.05, 3.63) is 89.1 Å². The minimum atomic E-state index is -1.81. The van der Waals surface area contributed by atoms with Gasteiger partial charge in [0.1, 0.15) is 18.2 Å². The molecule has 2 nitrogen and oxygen atoms in total. The molecule has 0 saturated heterocycles. The van der Waals surface area contributed by atoms with Crippen LogP contribution in [0.25, 0.3) is 44.3 Å². The monoisotopic (exact) mass is 436 g/mol. The number of nitrogens with zero attached hydrogens (tertiary/aromatic N) is 1. The molecule has 0 saturated carbocycles. The molecule has 2 aromatic heterocycles. The average molecular weight is 437 g/mol. The zero-order chi connectivity index (χ0) is 26.5. The SMILES string of the molecule is [2H]C1([2H])c2ccc(-c3cc(C)cc4c3oc3c(-c5cccc[n+]5C)c(C)ccc34)cc2C([2H])([2H])C1(C)C. The number of hydrogen-bond donors (Lipinski definition) is 0. The van der Waals surface area contributed by atoms with Crippen LogP contribution in [0.2, 0.25) is 0 Å². The third-order valence-electron chi connectivity index (χ3n) is 6.63. The van der Waals surface area contributed by atoms with Gasteiger partial charge in [0.15, 0.2) is 6.20 Å². The Morgan fingerprint density at radius 3 is 2.52 bits per heavy atom. The van der Waals surface area contributed by atoms with Gasteiger partial charge in [-0.2, -0.15) is 0 Å². The first-order chi connectivity index (χ1) is 17.4. The van der Waals surface area contributed by atoms with E-state index < -0.39 is 18.2 Å². The van der Waals surface area contributed by atoms with E-state index in [9.17, 15) is 0 Å². The van der Waals surface area contributed by atoms with Gasteiger partial charge in [0, 0.05) is 34.0 Å². The van der Waals surface area contributed by atoms with Crippen molar-refractivity contribution in [1.29, 1.82) is 0 Å². The van der Waals surface area contributed by atoms with Crippen LogP contribution in [0, 0.1) is 19.3 Å². The third-order valence-corrected chi connectivity index (χ3v) is 6.63. The van der Waals surface area contributed by atoms with Crippen molar-refractivity contribution in [2.75, 3.05) is 0 Å². The highest BCUT2D eigenvalue weighted by molar-refractivity contribution is 6.13. The van der Waals surface area contributed by atoms with Crippen LogP contribution in [-0.2, 0) is 19.8 Å². The van der Waals surface area contributed by atoms with Crippen molar-refractivity contribution >= 4 is 21.9 Å².